The fraction of sp³-hybridized carbons (Fsp3) is 0.250. The maximum Gasteiger partial charge on any atom is 0.290 e. The molecule has 0 spiro atoms. The number of carbonyl (C=O) groups is 3. The molecule has 2 amide bonds. The van der Waals surface area contributed by atoms with Crippen molar-refractivity contribution in [2.75, 3.05) is 26.2 Å². The lowest BCUT2D eigenvalue weighted by atomic mass is 10.2. The van der Waals surface area contributed by atoms with E-state index in [-0.39, 0.29) is 22.0 Å². The summed E-state index contributed by atoms with van der Waals surface area (Å²) in [5.41, 5.74) is 7.26. The van der Waals surface area contributed by atoms with Crippen molar-refractivity contribution >= 4 is 40.2 Å². The third kappa shape index (κ3) is 4.01. The van der Waals surface area contributed by atoms with Gasteiger partial charge in [0.15, 0.2) is 0 Å². The molecule has 9 heteroatoms. The minimum Gasteiger partial charge on any atom is -0.363 e. The van der Waals surface area contributed by atoms with E-state index in [1.807, 2.05) is 18.2 Å². The van der Waals surface area contributed by atoms with Crippen molar-refractivity contribution in [2.45, 2.75) is 6.54 Å². The van der Waals surface area contributed by atoms with Gasteiger partial charge in [0.2, 0.25) is 0 Å². The molecule has 1 aromatic carbocycles. The molecule has 2 aromatic heterocycles. The van der Waals surface area contributed by atoms with Gasteiger partial charge in [-0.25, -0.2) is 4.98 Å². The molecule has 1 aliphatic rings. The maximum absolute atomic E-state index is 12.9. The predicted octanol–water partition coefficient (Wildman–Crippen LogP) is 1.32. The van der Waals surface area contributed by atoms with Crippen molar-refractivity contribution < 1.29 is 14.4 Å². The fourth-order valence-corrected chi connectivity index (χ4v) is 4.08. The quantitative estimate of drug-likeness (QED) is 0.503. The van der Waals surface area contributed by atoms with Gasteiger partial charge in [-0.15, -0.1) is 0 Å². The molecule has 8 nitrogen and oxygen atoms in total. The second kappa shape index (κ2) is 8.06. The topological polar surface area (TPSA) is 109 Å². The van der Waals surface area contributed by atoms with Gasteiger partial charge < -0.3 is 10.6 Å². The molecule has 0 saturated carbocycles. The first-order chi connectivity index (χ1) is 14.0. The van der Waals surface area contributed by atoms with E-state index in [0.717, 1.165) is 31.2 Å². The van der Waals surface area contributed by atoms with Gasteiger partial charge >= 0.3 is 0 Å². The lowest BCUT2D eigenvalue weighted by Crippen LogP contribution is -2.48. The van der Waals surface area contributed by atoms with Crippen LogP contribution in [-0.4, -0.2) is 62.9 Å². The number of primary amides is 1. The van der Waals surface area contributed by atoms with Crippen LogP contribution in [-0.2, 0) is 11.3 Å². The van der Waals surface area contributed by atoms with Crippen molar-refractivity contribution in [3.05, 3.63) is 58.6 Å². The van der Waals surface area contributed by atoms with Gasteiger partial charge in [-0.3, -0.25) is 19.3 Å². The van der Waals surface area contributed by atoms with Crippen LogP contribution in [0.1, 0.15) is 25.7 Å². The Kier molecular flexibility index (Phi) is 5.32. The van der Waals surface area contributed by atoms with Crippen molar-refractivity contribution in [3.63, 3.8) is 0 Å². The van der Waals surface area contributed by atoms with Gasteiger partial charge in [0.25, 0.3) is 17.6 Å². The molecule has 0 bridgehead atoms. The molecule has 1 aliphatic heterocycles. The average molecular weight is 409 g/mol. The van der Waals surface area contributed by atoms with Crippen LogP contribution in [0.25, 0.3) is 11.0 Å². The van der Waals surface area contributed by atoms with Gasteiger partial charge in [0, 0.05) is 32.7 Å². The molecule has 3 aromatic rings. The molecule has 1 saturated heterocycles. The van der Waals surface area contributed by atoms with Gasteiger partial charge in [-0.05, 0) is 29.2 Å². The van der Waals surface area contributed by atoms with Crippen LogP contribution in [0.3, 0.4) is 0 Å². The summed E-state index contributed by atoms with van der Waals surface area (Å²) in [7, 11) is 0. The average Bonchev–Trinajstić information content (AvgIpc) is 3.17. The zero-order chi connectivity index (χ0) is 20.4. The monoisotopic (exact) mass is 409 g/mol. The van der Waals surface area contributed by atoms with Crippen LogP contribution in [0.2, 0.25) is 0 Å². The first-order valence-electron chi connectivity index (χ1n) is 9.19. The Labute approximate surface area is 171 Å². The number of carbonyl (C=O) groups excluding carboxylic acids is 3. The Morgan fingerprint density at radius 1 is 1.00 bits per heavy atom. The highest BCUT2D eigenvalue weighted by Crippen LogP contribution is 2.22. The number of benzene rings is 1. The molecule has 2 N–H and O–H groups in total. The van der Waals surface area contributed by atoms with Gasteiger partial charge in [-0.1, -0.05) is 30.3 Å². The van der Waals surface area contributed by atoms with Crippen molar-refractivity contribution in [2.24, 2.45) is 5.73 Å². The molecular weight excluding hydrogens is 390 g/mol. The number of hydrogen-bond donors (Lipinski definition) is 1. The number of piperazine rings is 1. The number of amides is 2. The number of pyridine rings is 1. The van der Waals surface area contributed by atoms with Crippen LogP contribution >= 0.6 is 11.5 Å². The molecule has 1 fully saturated rings. The number of aromatic nitrogens is 2. The molecule has 148 valence electrons. The van der Waals surface area contributed by atoms with Crippen LogP contribution < -0.4 is 5.73 Å². The lowest BCUT2D eigenvalue weighted by Gasteiger charge is -2.34. The summed E-state index contributed by atoms with van der Waals surface area (Å²) >= 11 is 0.862. The minimum atomic E-state index is -1.07. The Morgan fingerprint density at radius 3 is 2.41 bits per heavy atom. The summed E-state index contributed by atoms with van der Waals surface area (Å²) in [4.78, 5) is 44.5. The molecule has 0 radical (unpaired) electrons. The summed E-state index contributed by atoms with van der Waals surface area (Å²) in [5, 5.41) is 0. The second-order valence-corrected chi connectivity index (χ2v) is 7.60. The van der Waals surface area contributed by atoms with Crippen LogP contribution in [0.4, 0.5) is 0 Å². The van der Waals surface area contributed by atoms with Crippen LogP contribution in [0, 0.1) is 0 Å². The summed E-state index contributed by atoms with van der Waals surface area (Å²) in [6, 6.07) is 13.5. The van der Waals surface area contributed by atoms with E-state index in [4.69, 9.17) is 5.73 Å². The number of fused-ring (bicyclic) bond motifs is 1. The lowest BCUT2D eigenvalue weighted by molar-refractivity contribution is -0.114. The van der Waals surface area contributed by atoms with Crippen molar-refractivity contribution in [1.29, 1.82) is 0 Å². The van der Waals surface area contributed by atoms with E-state index < -0.39 is 11.7 Å². The predicted molar refractivity (Wildman–Crippen MR) is 109 cm³/mol. The van der Waals surface area contributed by atoms with E-state index in [9.17, 15) is 14.4 Å². The van der Waals surface area contributed by atoms with E-state index >= 15 is 0 Å². The van der Waals surface area contributed by atoms with Gasteiger partial charge in [-0.2, -0.15) is 4.37 Å². The highest BCUT2D eigenvalue weighted by Gasteiger charge is 2.25. The molecule has 0 unspecified atom stereocenters. The van der Waals surface area contributed by atoms with Crippen molar-refractivity contribution in [3.8, 4) is 0 Å². The van der Waals surface area contributed by atoms with Crippen LogP contribution in [0.15, 0.2) is 42.5 Å². The minimum absolute atomic E-state index is 0.0647. The third-order valence-electron chi connectivity index (χ3n) is 4.88. The third-order valence-corrected chi connectivity index (χ3v) is 5.73. The Balaban J connectivity index is 1.46. The summed E-state index contributed by atoms with van der Waals surface area (Å²) in [6.07, 6.45) is 0. The maximum atomic E-state index is 12.9. The number of Topliss-reactive ketones (excluding diaryl/α,β-unsaturated/α-hetero) is 1. The normalized spacial score (nSPS) is 14.8. The number of ketones is 1. The highest BCUT2D eigenvalue weighted by atomic mass is 32.1. The molecule has 4 rings (SSSR count). The first kappa shape index (κ1) is 19.2. The number of nitrogens with two attached hydrogens (primary N) is 1. The van der Waals surface area contributed by atoms with Crippen LogP contribution in [0.5, 0.6) is 0 Å². The zero-order valence-corrected chi connectivity index (χ0v) is 16.4. The zero-order valence-electron chi connectivity index (χ0n) is 15.6. The van der Waals surface area contributed by atoms with E-state index in [2.05, 4.69) is 26.4 Å². The Hall–Kier alpha value is -3.17. The summed E-state index contributed by atoms with van der Waals surface area (Å²) in [5.74, 6) is -2.11. The van der Waals surface area contributed by atoms with E-state index in [1.165, 1.54) is 5.56 Å². The van der Waals surface area contributed by atoms with Gasteiger partial charge in [0.1, 0.15) is 21.6 Å². The van der Waals surface area contributed by atoms with E-state index in [0.29, 0.717) is 18.6 Å². The Morgan fingerprint density at radius 2 is 1.72 bits per heavy atom. The molecule has 29 heavy (non-hydrogen) atoms. The molecule has 0 aliphatic carbocycles. The second-order valence-electron chi connectivity index (χ2n) is 6.82. The highest BCUT2D eigenvalue weighted by molar-refractivity contribution is 7.10. The smallest absolute Gasteiger partial charge is 0.290 e. The summed E-state index contributed by atoms with van der Waals surface area (Å²) in [6.45, 7) is 3.59. The molecule has 3 heterocycles. The van der Waals surface area contributed by atoms with E-state index in [1.54, 1.807) is 17.0 Å². The molecule has 0 atom stereocenters. The molecular formula is C20H19N5O3S. The largest absolute Gasteiger partial charge is 0.363 e. The summed E-state index contributed by atoms with van der Waals surface area (Å²) < 4.78 is 4.10. The fourth-order valence-electron chi connectivity index (χ4n) is 3.32. The number of hydrogen-bond acceptors (Lipinski definition) is 7. The number of nitrogens with zero attached hydrogens (tertiary/aromatic N) is 4. The SMILES string of the molecule is NC(=O)C(=O)c1snc2ccc(C(=O)N3CCN(Cc4ccccc4)CC3)nc12. The standard InChI is InChI=1S/C20H19N5O3S/c21-19(27)17(26)18-16-14(23-29-18)6-7-15(22-16)20(28)25-10-8-24(9-11-25)12-13-4-2-1-3-5-13/h1-7H,8-12H2,(H2,21,27). The van der Waals surface area contributed by atoms with Crippen molar-refractivity contribution in [1.82, 2.24) is 19.2 Å². The van der Waals surface area contributed by atoms with Gasteiger partial charge in [0.05, 0.1) is 0 Å². The Bertz CT molecular complexity index is 1070. The number of rotatable bonds is 5. The first-order valence-corrected chi connectivity index (χ1v) is 9.96.